The molecule has 0 saturated carbocycles. The summed E-state index contributed by atoms with van der Waals surface area (Å²) in [4.78, 5) is 34.5. The molecule has 0 aliphatic rings. The number of carbonyl (C=O) groups excluding carboxylic acids is 2. The van der Waals surface area contributed by atoms with Crippen LogP contribution in [0.5, 0.6) is 0 Å². The summed E-state index contributed by atoms with van der Waals surface area (Å²) in [5.74, 6) is -1.34. The molecule has 3 aromatic carbocycles. The van der Waals surface area contributed by atoms with Crippen LogP contribution in [0.3, 0.4) is 0 Å². The SMILES string of the molecule is O=C(N/N=C/c1cccc([N+](=O)[O-])c1)c1ccc(NC(=O)c2ccc(F)cc2)cc1. The minimum absolute atomic E-state index is 0.0800. The van der Waals surface area contributed by atoms with Gasteiger partial charge in [0, 0.05) is 34.5 Å². The third-order valence-electron chi connectivity index (χ3n) is 3.97. The van der Waals surface area contributed by atoms with E-state index in [2.05, 4.69) is 15.8 Å². The van der Waals surface area contributed by atoms with Gasteiger partial charge < -0.3 is 5.32 Å². The van der Waals surface area contributed by atoms with Crippen molar-refractivity contribution in [3.8, 4) is 0 Å². The van der Waals surface area contributed by atoms with Crippen molar-refractivity contribution in [3.63, 3.8) is 0 Å². The number of halogens is 1. The fraction of sp³-hybridized carbons (Fsp3) is 0. The Morgan fingerprint density at radius 3 is 2.23 bits per heavy atom. The first-order valence-electron chi connectivity index (χ1n) is 8.67. The molecule has 2 N–H and O–H groups in total. The molecule has 0 fully saturated rings. The van der Waals surface area contributed by atoms with Crippen LogP contribution in [0.25, 0.3) is 0 Å². The monoisotopic (exact) mass is 406 g/mol. The number of nitro benzene ring substituents is 1. The van der Waals surface area contributed by atoms with E-state index in [1.165, 1.54) is 60.8 Å². The number of hydrogen-bond acceptors (Lipinski definition) is 5. The van der Waals surface area contributed by atoms with Crippen molar-refractivity contribution >= 4 is 29.4 Å². The second-order valence-electron chi connectivity index (χ2n) is 6.09. The van der Waals surface area contributed by atoms with Crippen LogP contribution in [-0.2, 0) is 0 Å². The number of hydrogen-bond donors (Lipinski definition) is 2. The Balaban J connectivity index is 1.58. The van der Waals surface area contributed by atoms with Gasteiger partial charge in [-0.05, 0) is 48.5 Å². The van der Waals surface area contributed by atoms with Crippen molar-refractivity contribution in [1.29, 1.82) is 0 Å². The first-order valence-corrected chi connectivity index (χ1v) is 8.67. The Bertz CT molecular complexity index is 1110. The maximum Gasteiger partial charge on any atom is 0.271 e. The third-order valence-corrected chi connectivity index (χ3v) is 3.97. The van der Waals surface area contributed by atoms with E-state index >= 15 is 0 Å². The van der Waals surface area contributed by atoms with Gasteiger partial charge in [0.15, 0.2) is 0 Å². The number of nitrogens with one attached hydrogen (secondary N) is 2. The van der Waals surface area contributed by atoms with Gasteiger partial charge in [-0.1, -0.05) is 12.1 Å². The highest BCUT2D eigenvalue weighted by atomic mass is 19.1. The van der Waals surface area contributed by atoms with Crippen LogP contribution in [0.15, 0.2) is 77.9 Å². The van der Waals surface area contributed by atoms with Gasteiger partial charge >= 0.3 is 0 Å². The maximum atomic E-state index is 12.9. The molecule has 2 amide bonds. The van der Waals surface area contributed by atoms with E-state index in [0.29, 0.717) is 22.4 Å². The topological polar surface area (TPSA) is 114 Å². The van der Waals surface area contributed by atoms with Gasteiger partial charge in [-0.15, -0.1) is 0 Å². The molecule has 0 radical (unpaired) electrons. The lowest BCUT2D eigenvalue weighted by atomic mass is 10.1. The molecule has 0 heterocycles. The van der Waals surface area contributed by atoms with Crippen LogP contribution in [0.4, 0.5) is 15.8 Å². The van der Waals surface area contributed by atoms with Crippen LogP contribution in [0.2, 0.25) is 0 Å². The fourth-order valence-electron chi connectivity index (χ4n) is 2.46. The number of anilines is 1. The molecule has 0 unspecified atom stereocenters. The summed E-state index contributed by atoms with van der Waals surface area (Å²) < 4.78 is 12.9. The minimum Gasteiger partial charge on any atom is -0.322 e. The Kier molecular flexibility index (Phi) is 6.23. The average molecular weight is 406 g/mol. The lowest BCUT2D eigenvalue weighted by Gasteiger charge is -2.06. The van der Waals surface area contributed by atoms with Crippen LogP contribution in [0.1, 0.15) is 26.3 Å². The first kappa shape index (κ1) is 20.3. The van der Waals surface area contributed by atoms with Gasteiger partial charge in [-0.2, -0.15) is 5.10 Å². The number of hydrazone groups is 1. The number of nitro groups is 1. The Hall–Kier alpha value is -4.40. The first-order chi connectivity index (χ1) is 14.4. The van der Waals surface area contributed by atoms with E-state index in [1.54, 1.807) is 18.2 Å². The van der Waals surface area contributed by atoms with Gasteiger partial charge in [-0.3, -0.25) is 19.7 Å². The summed E-state index contributed by atoms with van der Waals surface area (Å²) in [6.07, 6.45) is 1.29. The van der Waals surface area contributed by atoms with E-state index in [4.69, 9.17) is 0 Å². The highest BCUT2D eigenvalue weighted by Gasteiger charge is 2.08. The largest absolute Gasteiger partial charge is 0.322 e. The van der Waals surface area contributed by atoms with Crippen LogP contribution in [-0.4, -0.2) is 23.0 Å². The molecule has 0 saturated heterocycles. The third kappa shape index (κ3) is 5.32. The van der Waals surface area contributed by atoms with Crippen LogP contribution < -0.4 is 10.7 Å². The average Bonchev–Trinajstić information content (AvgIpc) is 2.75. The zero-order valence-electron chi connectivity index (χ0n) is 15.4. The van der Waals surface area contributed by atoms with Crippen molar-refractivity contribution in [2.75, 3.05) is 5.32 Å². The molecule has 150 valence electrons. The van der Waals surface area contributed by atoms with Crippen molar-refractivity contribution in [3.05, 3.63) is 105 Å². The van der Waals surface area contributed by atoms with E-state index in [1.807, 2.05) is 0 Å². The number of nitrogens with zero attached hydrogens (tertiary/aromatic N) is 2. The number of non-ortho nitro benzene ring substituents is 1. The number of amides is 2. The lowest BCUT2D eigenvalue weighted by Crippen LogP contribution is -2.18. The van der Waals surface area contributed by atoms with E-state index < -0.39 is 22.6 Å². The Morgan fingerprint density at radius 1 is 0.933 bits per heavy atom. The molecule has 9 heteroatoms. The molecule has 0 bridgehead atoms. The molecular weight excluding hydrogens is 391 g/mol. The Morgan fingerprint density at radius 2 is 1.57 bits per heavy atom. The van der Waals surface area contributed by atoms with Crippen LogP contribution >= 0.6 is 0 Å². The van der Waals surface area contributed by atoms with Gasteiger partial charge in [-0.25, -0.2) is 9.82 Å². The predicted molar refractivity (Wildman–Crippen MR) is 109 cm³/mol. The summed E-state index contributed by atoms with van der Waals surface area (Å²) in [7, 11) is 0. The fourth-order valence-corrected chi connectivity index (χ4v) is 2.46. The van der Waals surface area contributed by atoms with Crippen molar-refractivity contribution in [1.82, 2.24) is 5.43 Å². The maximum absolute atomic E-state index is 12.9. The summed E-state index contributed by atoms with van der Waals surface area (Å²) in [5, 5.41) is 17.2. The molecule has 0 aliphatic carbocycles. The molecule has 0 spiro atoms. The zero-order valence-corrected chi connectivity index (χ0v) is 15.4. The molecule has 0 aliphatic heterocycles. The zero-order chi connectivity index (χ0) is 21.5. The highest BCUT2D eigenvalue weighted by Crippen LogP contribution is 2.13. The van der Waals surface area contributed by atoms with Gasteiger partial charge in [0.25, 0.3) is 17.5 Å². The molecular formula is C21H15FN4O4. The molecule has 0 atom stereocenters. The quantitative estimate of drug-likeness (QED) is 0.369. The van der Waals surface area contributed by atoms with Gasteiger partial charge in [0.1, 0.15) is 5.82 Å². The highest BCUT2D eigenvalue weighted by molar-refractivity contribution is 6.04. The standard InChI is InChI=1S/C21H15FN4O4/c22-17-8-4-15(5-9-17)20(27)24-18-10-6-16(7-11-18)21(28)25-23-13-14-2-1-3-19(12-14)26(29)30/h1-13H,(H,24,27)(H,25,28)/b23-13+. The van der Waals surface area contributed by atoms with E-state index in [-0.39, 0.29) is 5.69 Å². The van der Waals surface area contributed by atoms with Gasteiger partial charge in [0.2, 0.25) is 0 Å². The van der Waals surface area contributed by atoms with E-state index in [0.717, 1.165) is 0 Å². The Labute approximate surface area is 170 Å². The number of benzene rings is 3. The number of rotatable bonds is 6. The summed E-state index contributed by atoms with van der Waals surface area (Å²) in [6, 6.07) is 17.0. The minimum atomic E-state index is -0.521. The molecule has 30 heavy (non-hydrogen) atoms. The van der Waals surface area contributed by atoms with Crippen molar-refractivity contribution < 1.29 is 18.9 Å². The molecule has 8 nitrogen and oxygen atoms in total. The predicted octanol–water partition coefficient (Wildman–Crippen LogP) is 3.75. The smallest absolute Gasteiger partial charge is 0.271 e. The van der Waals surface area contributed by atoms with Crippen molar-refractivity contribution in [2.24, 2.45) is 5.10 Å². The van der Waals surface area contributed by atoms with E-state index in [9.17, 15) is 24.1 Å². The normalized spacial score (nSPS) is 10.6. The second-order valence-corrected chi connectivity index (χ2v) is 6.09. The summed E-state index contributed by atoms with van der Waals surface area (Å²) in [5.41, 5.74) is 3.76. The molecule has 3 aromatic rings. The summed E-state index contributed by atoms with van der Waals surface area (Å²) in [6.45, 7) is 0. The van der Waals surface area contributed by atoms with Gasteiger partial charge in [0.05, 0.1) is 11.1 Å². The molecule has 0 aromatic heterocycles. The molecule has 3 rings (SSSR count). The lowest BCUT2D eigenvalue weighted by molar-refractivity contribution is -0.384. The summed E-state index contributed by atoms with van der Waals surface area (Å²) >= 11 is 0. The second kappa shape index (κ2) is 9.20. The van der Waals surface area contributed by atoms with Crippen LogP contribution in [0, 0.1) is 15.9 Å². The van der Waals surface area contributed by atoms with Crippen molar-refractivity contribution in [2.45, 2.75) is 0 Å². The number of carbonyl (C=O) groups is 2.